The molecule has 4 nitrogen and oxygen atoms in total. The van der Waals surface area contributed by atoms with Gasteiger partial charge in [-0.3, -0.25) is 0 Å². The minimum absolute atomic E-state index is 0.382. The van der Waals surface area contributed by atoms with E-state index in [4.69, 9.17) is 0 Å². The van der Waals surface area contributed by atoms with Gasteiger partial charge >= 0.3 is 0 Å². The third-order valence-electron chi connectivity index (χ3n) is 4.41. The normalized spacial score (nSPS) is 14.2. The first-order valence-electron chi connectivity index (χ1n) is 8.18. The minimum atomic E-state index is 0.382. The summed E-state index contributed by atoms with van der Waals surface area (Å²) >= 11 is 0. The summed E-state index contributed by atoms with van der Waals surface area (Å²) in [6.07, 6.45) is 4.33. The quantitative estimate of drug-likeness (QED) is 0.941. The van der Waals surface area contributed by atoms with Crippen LogP contribution in [0.3, 0.4) is 0 Å². The van der Waals surface area contributed by atoms with E-state index in [-0.39, 0.29) is 0 Å². The molecule has 1 aliphatic rings. The zero-order valence-electron chi connectivity index (χ0n) is 13.9. The van der Waals surface area contributed by atoms with Gasteiger partial charge in [-0.25, -0.2) is 4.98 Å². The minimum Gasteiger partial charge on any atom is -0.351 e. The molecular formula is C18H24N4. The van der Waals surface area contributed by atoms with Gasteiger partial charge in [-0.15, -0.1) is 0 Å². The van der Waals surface area contributed by atoms with E-state index in [9.17, 15) is 0 Å². The van der Waals surface area contributed by atoms with E-state index in [0.717, 1.165) is 37.3 Å². The van der Waals surface area contributed by atoms with E-state index >= 15 is 0 Å². The predicted octanol–water partition coefficient (Wildman–Crippen LogP) is 3.19. The van der Waals surface area contributed by atoms with Crippen LogP contribution in [0.5, 0.6) is 0 Å². The summed E-state index contributed by atoms with van der Waals surface area (Å²) in [6, 6.07) is 5.19. The molecule has 0 bridgehead atoms. The second kappa shape index (κ2) is 6.03. The predicted molar refractivity (Wildman–Crippen MR) is 89.3 cm³/mol. The molecule has 0 saturated carbocycles. The van der Waals surface area contributed by atoms with Gasteiger partial charge < -0.3 is 5.32 Å². The highest BCUT2D eigenvalue weighted by Gasteiger charge is 2.23. The van der Waals surface area contributed by atoms with Crippen molar-refractivity contribution in [3.63, 3.8) is 0 Å². The van der Waals surface area contributed by atoms with Crippen LogP contribution in [0.2, 0.25) is 0 Å². The van der Waals surface area contributed by atoms with Crippen molar-refractivity contribution in [3.8, 4) is 0 Å². The Hall–Kier alpha value is -1.97. The van der Waals surface area contributed by atoms with E-state index in [1.807, 2.05) is 13.8 Å². The Morgan fingerprint density at radius 3 is 1.86 bits per heavy atom. The number of anilines is 1. The Morgan fingerprint density at radius 2 is 1.41 bits per heavy atom. The number of hydrogen-bond acceptors (Lipinski definition) is 4. The number of benzene rings is 1. The van der Waals surface area contributed by atoms with Gasteiger partial charge in [0, 0.05) is 6.04 Å². The zero-order chi connectivity index (χ0) is 15.7. The van der Waals surface area contributed by atoms with Crippen molar-refractivity contribution in [1.82, 2.24) is 15.0 Å². The summed E-state index contributed by atoms with van der Waals surface area (Å²) in [5.74, 6) is 2.24. The maximum absolute atomic E-state index is 4.39. The number of nitrogens with one attached hydrogen (secondary N) is 1. The molecule has 4 heteroatoms. The Bertz CT molecular complexity index is 640. The van der Waals surface area contributed by atoms with Gasteiger partial charge in [0.05, 0.1) is 0 Å². The first-order chi connectivity index (χ1) is 10.6. The molecule has 0 spiro atoms. The van der Waals surface area contributed by atoms with Gasteiger partial charge in [-0.05, 0) is 61.8 Å². The topological polar surface area (TPSA) is 50.7 Å². The van der Waals surface area contributed by atoms with Crippen molar-refractivity contribution in [2.75, 3.05) is 5.32 Å². The largest absolute Gasteiger partial charge is 0.351 e. The third kappa shape index (κ3) is 2.96. The average Bonchev–Trinajstić information content (AvgIpc) is 2.85. The lowest BCUT2D eigenvalue weighted by molar-refractivity contribution is 0.753. The lowest BCUT2D eigenvalue weighted by Crippen LogP contribution is -2.21. The molecule has 3 rings (SSSR count). The summed E-state index contributed by atoms with van der Waals surface area (Å²) in [5, 5.41) is 3.48. The number of nitrogens with zero attached hydrogens (tertiary/aromatic N) is 3. The molecule has 0 radical (unpaired) electrons. The average molecular weight is 296 g/mol. The van der Waals surface area contributed by atoms with Crippen molar-refractivity contribution >= 4 is 5.95 Å². The van der Waals surface area contributed by atoms with Crippen LogP contribution in [-0.2, 0) is 25.7 Å². The first kappa shape index (κ1) is 14.9. The molecule has 22 heavy (non-hydrogen) atoms. The second-order valence-corrected chi connectivity index (χ2v) is 6.10. The van der Waals surface area contributed by atoms with Crippen LogP contribution < -0.4 is 5.32 Å². The van der Waals surface area contributed by atoms with Crippen molar-refractivity contribution in [2.24, 2.45) is 0 Å². The highest BCUT2D eigenvalue weighted by atomic mass is 15.2. The van der Waals surface area contributed by atoms with Crippen molar-refractivity contribution < 1.29 is 0 Å². The molecule has 1 aliphatic carbocycles. The highest BCUT2D eigenvalue weighted by Crippen LogP contribution is 2.28. The molecule has 0 aliphatic heterocycles. The van der Waals surface area contributed by atoms with Gasteiger partial charge in [0.2, 0.25) is 5.95 Å². The molecule has 2 aromatic rings. The summed E-state index contributed by atoms with van der Waals surface area (Å²) in [4.78, 5) is 13.0. The van der Waals surface area contributed by atoms with Gasteiger partial charge in [-0.2, -0.15) is 9.97 Å². The number of hydrogen-bond donors (Lipinski definition) is 1. The van der Waals surface area contributed by atoms with Crippen LogP contribution in [0, 0.1) is 13.8 Å². The van der Waals surface area contributed by atoms with E-state index in [1.165, 1.54) is 22.3 Å². The Morgan fingerprint density at radius 1 is 0.909 bits per heavy atom. The van der Waals surface area contributed by atoms with E-state index in [1.54, 1.807) is 0 Å². The monoisotopic (exact) mass is 296 g/mol. The molecule has 1 aromatic carbocycles. The number of aryl methyl sites for hydroxylation is 4. The molecular weight excluding hydrogens is 272 g/mol. The van der Waals surface area contributed by atoms with Crippen LogP contribution in [-0.4, -0.2) is 21.0 Å². The Labute approximate surface area is 132 Å². The van der Waals surface area contributed by atoms with Crippen LogP contribution in [0.15, 0.2) is 12.1 Å². The second-order valence-electron chi connectivity index (χ2n) is 6.10. The first-order valence-corrected chi connectivity index (χ1v) is 8.18. The van der Waals surface area contributed by atoms with Crippen molar-refractivity contribution in [2.45, 2.75) is 59.4 Å². The van der Waals surface area contributed by atoms with Crippen LogP contribution in [0.25, 0.3) is 0 Å². The zero-order valence-corrected chi connectivity index (χ0v) is 13.9. The molecule has 1 aromatic heterocycles. The SMILES string of the molecule is CCc1cc2c(cc1CC)CC(Nc1nc(C)nc(C)n1)C2. The number of aromatic nitrogens is 3. The summed E-state index contributed by atoms with van der Waals surface area (Å²) in [5.41, 5.74) is 5.95. The molecule has 0 amide bonds. The van der Waals surface area contributed by atoms with Crippen LogP contribution in [0.4, 0.5) is 5.95 Å². The van der Waals surface area contributed by atoms with Gasteiger partial charge in [0.15, 0.2) is 0 Å². The molecule has 0 atom stereocenters. The van der Waals surface area contributed by atoms with E-state index in [2.05, 4.69) is 46.2 Å². The lowest BCUT2D eigenvalue weighted by atomic mass is 9.97. The van der Waals surface area contributed by atoms with E-state index in [0.29, 0.717) is 12.0 Å². The molecule has 0 saturated heterocycles. The van der Waals surface area contributed by atoms with Gasteiger partial charge in [-0.1, -0.05) is 26.0 Å². The fourth-order valence-corrected chi connectivity index (χ4v) is 3.40. The fourth-order valence-electron chi connectivity index (χ4n) is 3.40. The standard InChI is InChI=1S/C18H24N4/c1-5-13-7-15-9-17(10-16(15)8-14(13)6-2)22-18-20-11(3)19-12(4)21-18/h7-8,17H,5-6,9-10H2,1-4H3,(H,19,20,21,22). The van der Waals surface area contributed by atoms with Crippen LogP contribution >= 0.6 is 0 Å². The van der Waals surface area contributed by atoms with Crippen molar-refractivity contribution in [1.29, 1.82) is 0 Å². The lowest BCUT2D eigenvalue weighted by Gasteiger charge is -2.12. The number of fused-ring (bicyclic) bond motifs is 1. The Kier molecular flexibility index (Phi) is 4.10. The maximum atomic E-state index is 4.39. The molecule has 1 heterocycles. The maximum Gasteiger partial charge on any atom is 0.226 e. The molecule has 0 fully saturated rings. The summed E-state index contributed by atoms with van der Waals surface area (Å²) in [6.45, 7) is 8.29. The van der Waals surface area contributed by atoms with Crippen molar-refractivity contribution in [3.05, 3.63) is 46.0 Å². The van der Waals surface area contributed by atoms with Crippen LogP contribution in [0.1, 0.15) is 47.8 Å². The molecule has 1 N–H and O–H groups in total. The summed E-state index contributed by atoms with van der Waals surface area (Å²) < 4.78 is 0. The molecule has 0 unspecified atom stereocenters. The van der Waals surface area contributed by atoms with E-state index < -0.39 is 0 Å². The van der Waals surface area contributed by atoms with Gasteiger partial charge in [0.1, 0.15) is 11.6 Å². The smallest absolute Gasteiger partial charge is 0.226 e. The van der Waals surface area contributed by atoms with Gasteiger partial charge in [0.25, 0.3) is 0 Å². The Balaban J connectivity index is 1.79. The highest BCUT2D eigenvalue weighted by molar-refractivity contribution is 5.44. The number of rotatable bonds is 4. The fraction of sp³-hybridized carbons (Fsp3) is 0.500. The summed E-state index contributed by atoms with van der Waals surface area (Å²) in [7, 11) is 0. The molecule has 116 valence electrons. The third-order valence-corrected chi connectivity index (χ3v) is 4.41.